The molecule has 8 heavy (non-hydrogen) atoms. The van der Waals surface area contributed by atoms with Crippen LogP contribution in [0, 0.1) is 0 Å². The predicted octanol–water partition coefficient (Wildman–Crippen LogP) is -0.0314. The summed E-state index contributed by atoms with van der Waals surface area (Å²) in [5.41, 5.74) is 0. The first-order valence-corrected chi connectivity index (χ1v) is 6.89. The van der Waals surface area contributed by atoms with E-state index in [0.717, 1.165) is 9.91 Å². The Morgan fingerprint density at radius 3 is 1.25 bits per heavy atom. The quantitative estimate of drug-likeness (QED) is 0.423. The van der Waals surface area contributed by atoms with E-state index in [1.807, 2.05) is 0 Å². The van der Waals surface area contributed by atoms with Gasteiger partial charge >= 0.3 is 7.49 Å². The van der Waals surface area contributed by atoms with Gasteiger partial charge in [-0.1, -0.05) is 0 Å². The molecule has 0 saturated carbocycles. The SMILES string of the molecule is CO[P+]([SiH3])(OC)OC. The molecule has 0 aliphatic rings. The zero-order chi connectivity index (χ0) is 6.62. The zero-order valence-electron chi connectivity index (χ0n) is 5.67. The van der Waals surface area contributed by atoms with Crippen LogP contribution in [0.3, 0.4) is 0 Å². The fourth-order valence-electron chi connectivity index (χ4n) is 0.224. The molecule has 0 fully saturated rings. The molecule has 0 atom stereocenters. The molecule has 0 N–H and O–H groups in total. The highest BCUT2D eigenvalue weighted by atomic mass is 31.5. The van der Waals surface area contributed by atoms with Crippen molar-refractivity contribution in [1.29, 1.82) is 0 Å². The normalized spacial score (nSPS) is 12.4. The van der Waals surface area contributed by atoms with Crippen LogP contribution >= 0.6 is 7.49 Å². The molecule has 0 aromatic heterocycles. The molecule has 0 aromatic rings. The highest BCUT2D eigenvalue weighted by Crippen LogP contribution is 2.54. The molecule has 3 nitrogen and oxygen atoms in total. The van der Waals surface area contributed by atoms with Gasteiger partial charge in [-0.15, -0.1) is 0 Å². The van der Waals surface area contributed by atoms with Crippen molar-refractivity contribution in [3.63, 3.8) is 0 Å². The van der Waals surface area contributed by atoms with Crippen LogP contribution in [-0.4, -0.2) is 31.2 Å². The maximum Gasteiger partial charge on any atom is 0.342 e. The largest absolute Gasteiger partial charge is 0.342 e. The van der Waals surface area contributed by atoms with E-state index in [9.17, 15) is 0 Å². The first-order valence-electron chi connectivity index (χ1n) is 2.22. The second-order valence-electron chi connectivity index (χ2n) is 1.32. The average Bonchev–Trinajstić information content (AvgIpc) is 1.87. The van der Waals surface area contributed by atoms with Crippen LogP contribution in [-0.2, 0) is 13.6 Å². The lowest BCUT2D eigenvalue weighted by Gasteiger charge is -2.12. The lowest BCUT2D eigenvalue weighted by Crippen LogP contribution is -1.98. The van der Waals surface area contributed by atoms with Crippen LogP contribution in [0.4, 0.5) is 0 Å². The first-order chi connectivity index (χ1) is 3.68. The van der Waals surface area contributed by atoms with Gasteiger partial charge in [0, 0.05) is 0 Å². The van der Waals surface area contributed by atoms with Gasteiger partial charge in [-0.2, -0.15) is 13.6 Å². The number of hydrogen-bond donors (Lipinski definition) is 0. The van der Waals surface area contributed by atoms with Gasteiger partial charge in [0.1, 0.15) is 0 Å². The Labute approximate surface area is 53.2 Å². The third-order valence-corrected chi connectivity index (χ3v) is 6.27. The lowest BCUT2D eigenvalue weighted by atomic mass is 11.8. The van der Waals surface area contributed by atoms with Gasteiger partial charge in [0.15, 0.2) is 0 Å². The minimum atomic E-state index is -1.77. The lowest BCUT2D eigenvalue weighted by molar-refractivity contribution is 0.229. The summed E-state index contributed by atoms with van der Waals surface area (Å²) in [5.74, 6) is 0. The molecule has 0 aliphatic heterocycles. The Morgan fingerprint density at radius 1 is 1.00 bits per heavy atom. The van der Waals surface area contributed by atoms with E-state index in [4.69, 9.17) is 13.6 Å². The molecule has 0 aromatic carbocycles. The Bertz CT molecular complexity index is 57.3. The van der Waals surface area contributed by atoms with E-state index in [2.05, 4.69) is 0 Å². The second kappa shape index (κ2) is 3.53. The number of hydrogen-bond acceptors (Lipinski definition) is 3. The molecule has 0 amide bonds. The van der Waals surface area contributed by atoms with Crippen LogP contribution in [0.1, 0.15) is 0 Å². The Balaban J connectivity index is 3.58. The summed E-state index contributed by atoms with van der Waals surface area (Å²) in [6.07, 6.45) is 0. The molecule has 50 valence electrons. The predicted molar refractivity (Wildman–Crippen MR) is 37.9 cm³/mol. The van der Waals surface area contributed by atoms with E-state index in [1.165, 1.54) is 0 Å². The Morgan fingerprint density at radius 2 is 1.25 bits per heavy atom. The molecule has 0 aliphatic carbocycles. The Hall–Kier alpha value is 0.527. The topological polar surface area (TPSA) is 27.7 Å². The maximum absolute atomic E-state index is 4.96. The minimum Gasteiger partial charge on any atom is -0.195 e. The molecular formula is C3H12O3PSi+. The van der Waals surface area contributed by atoms with E-state index in [-0.39, 0.29) is 0 Å². The number of rotatable bonds is 3. The van der Waals surface area contributed by atoms with Crippen molar-refractivity contribution in [3.05, 3.63) is 0 Å². The summed E-state index contributed by atoms with van der Waals surface area (Å²) in [7, 11) is 3.86. The van der Waals surface area contributed by atoms with Crippen LogP contribution in [0.25, 0.3) is 0 Å². The Kier molecular flexibility index (Phi) is 3.77. The van der Waals surface area contributed by atoms with Gasteiger partial charge in [0.25, 0.3) is 9.91 Å². The van der Waals surface area contributed by atoms with Crippen molar-refractivity contribution in [2.75, 3.05) is 21.3 Å². The van der Waals surface area contributed by atoms with E-state index >= 15 is 0 Å². The van der Waals surface area contributed by atoms with Gasteiger partial charge in [0.05, 0.1) is 21.3 Å². The minimum absolute atomic E-state index is 0.815. The second-order valence-corrected chi connectivity index (χ2v) is 7.24. The van der Waals surface area contributed by atoms with Crippen molar-refractivity contribution in [3.8, 4) is 0 Å². The van der Waals surface area contributed by atoms with Crippen LogP contribution in [0.5, 0.6) is 0 Å². The van der Waals surface area contributed by atoms with Crippen molar-refractivity contribution in [2.24, 2.45) is 0 Å². The monoisotopic (exact) mass is 155 g/mol. The van der Waals surface area contributed by atoms with Crippen molar-refractivity contribution in [1.82, 2.24) is 0 Å². The summed E-state index contributed by atoms with van der Waals surface area (Å²) < 4.78 is 14.9. The van der Waals surface area contributed by atoms with E-state index in [0.29, 0.717) is 0 Å². The van der Waals surface area contributed by atoms with Crippen molar-refractivity contribution < 1.29 is 13.6 Å². The van der Waals surface area contributed by atoms with Crippen LogP contribution < -0.4 is 0 Å². The molecule has 0 radical (unpaired) electrons. The van der Waals surface area contributed by atoms with Gasteiger partial charge in [-0.05, 0) is 0 Å². The molecule has 0 bridgehead atoms. The van der Waals surface area contributed by atoms with E-state index in [1.54, 1.807) is 21.3 Å². The highest BCUT2D eigenvalue weighted by Gasteiger charge is 2.31. The average molecular weight is 155 g/mol. The molecule has 5 heteroatoms. The fourth-order valence-corrected chi connectivity index (χ4v) is 0.671. The molecule has 0 rings (SSSR count). The molecule has 0 heterocycles. The standard InChI is InChI=1S/C3H12O3PSi/c1-4-7(8,5-2)6-3/h1-3,8H3/q+1. The molecule has 0 spiro atoms. The molecular weight excluding hydrogens is 143 g/mol. The third-order valence-electron chi connectivity index (χ3n) is 0.995. The van der Waals surface area contributed by atoms with E-state index < -0.39 is 7.49 Å². The van der Waals surface area contributed by atoms with Crippen molar-refractivity contribution >= 4 is 17.4 Å². The van der Waals surface area contributed by atoms with Gasteiger partial charge < -0.3 is 0 Å². The third kappa shape index (κ3) is 2.20. The zero-order valence-corrected chi connectivity index (χ0v) is 8.57. The van der Waals surface area contributed by atoms with Gasteiger partial charge in [-0.25, -0.2) is 0 Å². The van der Waals surface area contributed by atoms with Gasteiger partial charge in [0.2, 0.25) is 0 Å². The summed E-state index contributed by atoms with van der Waals surface area (Å²) >= 11 is 0. The maximum atomic E-state index is 4.96. The summed E-state index contributed by atoms with van der Waals surface area (Å²) in [5, 5.41) is 0. The smallest absolute Gasteiger partial charge is 0.195 e. The molecule has 0 unspecified atom stereocenters. The van der Waals surface area contributed by atoms with Crippen LogP contribution in [0.15, 0.2) is 0 Å². The van der Waals surface area contributed by atoms with Crippen molar-refractivity contribution in [2.45, 2.75) is 0 Å². The fraction of sp³-hybridized carbons (Fsp3) is 1.00. The summed E-state index contributed by atoms with van der Waals surface area (Å²) in [6, 6.07) is 0. The van der Waals surface area contributed by atoms with Gasteiger partial charge in [-0.3, -0.25) is 0 Å². The summed E-state index contributed by atoms with van der Waals surface area (Å²) in [6.45, 7) is 0. The molecule has 0 saturated heterocycles. The summed E-state index contributed by atoms with van der Waals surface area (Å²) in [4.78, 5) is 0. The van der Waals surface area contributed by atoms with Crippen LogP contribution in [0.2, 0.25) is 0 Å². The first kappa shape index (κ1) is 8.53. The highest BCUT2D eigenvalue weighted by molar-refractivity contribution is 7.85.